The Hall–Kier alpha value is -1.86. The molecular weight excluding hydrogens is 120 g/mol. The maximum Gasteiger partial charge on any atom is 0.248 e. The number of hydrogen-bond acceptors (Lipinski definition) is 6. The van der Waals surface area contributed by atoms with Crippen molar-refractivity contribution in [1.82, 2.24) is 10.5 Å². The molecule has 0 spiro atoms. The number of hydrazine groups is 1. The lowest BCUT2D eigenvalue weighted by Crippen LogP contribution is -2.22. The van der Waals surface area contributed by atoms with Crippen LogP contribution in [0.3, 0.4) is 0 Å². The summed E-state index contributed by atoms with van der Waals surface area (Å²) in [7, 11) is 0. The fourth-order valence-electron chi connectivity index (χ4n) is 0.357. The first-order chi connectivity index (χ1) is 4.38. The Kier molecular flexibility index (Phi) is 1.14. The minimum atomic E-state index is 0.0671. The summed E-state index contributed by atoms with van der Waals surface area (Å²) in [5.74, 6) is 1.98. The molecule has 0 saturated carbocycles. The lowest BCUT2D eigenvalue weighted by Gasteiger charge is -1.98. The zero-order valence-corrected chi connectivity index (χ0v) is 4.29. The van der Waals surface area contributed by atoms with E-state index < -0.39 is 0 Å². The van der Waals surface area contributed by atoms with Crippen molar-refractivity contribution >= 4 is 5.87 Å². The molecule has 9 heavy (non-hydrogen) atoms. The molecule has 0 unspecified atom stereocenters. The maximum absolute atomic E-state index is 8.22. The van der Waals surface area contributed by atoms with Crippen LogP contribution in [-0.4, -0.2) is 10.9 Å². The van der Waals surface area contributed by atoms with Crippen molar-refractivity contribution in [3.05, 3.63) is 5.82 Å². The third-order valence-corrected chi connectivity index (χ3v) is 0.713. The standard InChI is InChI=1S/C3H2N6/c4-1-3-6-7-8-9(3)2-5/h4H,(H,6,8). The molecule has 1 aliphatic heterocycles. The van der Waals surface area contributed by atoms with Gasteiger partial charge in [-0.3, -0.25) is 5.41 Å². The van der Waals surface area contributed by atoms with Gasteiger partial charge in [0.1, 0.15) is 0 Å². The molecule has 0 bridgehead atoms. The molecule has 0 radical (unpaired) electrons. The molecule has 1 rings (SSSR count). The Morgan fingerprint density at radius 3 is 3.00 bits per heavy atom. The summed E-state index contributed by atoms with van der Waals surface area (Å²) in [5.41, 5.74) is 2.22. The van der Waals surface area contributed by atoms with Crippen LogP contribution in [0.4, 0.5) is 0 Å². The third-order valence-electron chi connectivity index (χ3n) is 0.713. The van der Waals surface area contributed by atoms with Crippen molar-refractivity contribution in [2.24, 2.45) is 10.3 Å². The molecule has 1 heterocycles. The number of hydrogen-bond donors (Lipinski definition) is 2. The Morgan fingerprint density at radius 2 is 2.56 bits per heavy atom. The second-order valence-electron chi connectivity index (χ2n) is 1.18. The molecule has 0 aliphatic carbocycles. The molecule has 6 nitrogen and oxygen atoms in total. The highest BCUT2D eigenvalue weighted by Gasteiger charge is 2.11. The molecule has 0 saturated heterocycles. The van der Waals surface area contributed by atoms with Crippen molar-refractivity contribution in [3.63, 3.8) is 0 Å². The average molecular weight is 122 g/mol. The van der Waals surface area contributed by atoms with E-state index in [1.807, 2.05) is 5.87 Å². The fraction of sp³-hybridized carbons (Fsp3) is 0. The predicted octanol–water partition coefficient (Wildman–Crippen LogP) is -0.255. The summed E-state index contributed by atoms with van der Waals surface area (Å²) < 4.78 is 0. The maximum atomic E-state index is 8.22. The number of rotatable bonds is 0. The Morgan fingerprint density at radius 1 is 1.78 bits per heavy atom. The number of nitrogens with zero attached hydrogens (tertiary/aromatic N) is 4. The van der Waals surface area contributed by atoms with Crippen LogP contribution in [0.1, 0.15) is 0 Å². The molecule has 0 aromatic carbocycles. The summed E-state index contributed by atoms with van der Waals surface area (Å²) in [5, 5.41) is 22.3. The number of nitriles is 1. The molecular formula is C3H2N6. The van der Waals surface area contributed by atoms with Gasteiger partial charge in [-0.25, -0.2) is 0 Å². The molecule has 1 aliphatic rings. The zero-order valence-electron chi connectivity index (χ0n) is 4.29. The first-order valence-corrected chi connectivity index (χ1v) is 2.04. The van der Waals surface area contributed by atoms with Gasteiger partial charge < -0.3 is 0 Å². The van der Waals surface area contributed by atoms with E-state index in [1.54, 1.807) is 6.19 Å². The molecule has 0 aromatic heterocycles. The predicted molar refractivity (Wildman–Crippen MR) is 26.7 cm³/mol. The highest BCUT2D eigenvalue weighted by atomic mass is 15.8. The summed E-state index contributed by atoms with van der Waals surface area (Å²) in [6, 6.07) is 0. The molecule has 0 fully saturated rings. The van der Waals surface area contributed by atoms with E-state index >= 15 is 0 Å². The van der Waals surface area contributed by atoms with Gasteiger partial charge in [-0.15, -0.1) is 5.01 Å². The monoisotopic (exact) mass is 122 g/mol. The minimum absolute atomic E-state index is 0.0671. The molecule has 0 atom stereocenters. The van der Waals surface area contributed by atoms with Gasteiger partial charge in [-0.2, -0.15) is 10.8 Å². The summed E-state index contributed by atoms with van der Waals surface area (Å²) in [4.78, 5) is 0. The van der Waals surface area contributed by atoms with Gasteiger partial charge in [-0.1, -0.05) is 5.11 Å². The van der Waals surface area contributed by atoms with Crippen LogP contribution in [0.25, 0.3) is 0 Å². The van der Waals surface area contributed by atoms with E-state index in [0.717, 1.165) is 5.01 Å². The van der Waals surface area contributed by atoms with E-state index in [4.69, 9.17) is 10.7 Å². The van der Waals surface area contributed by atoms with Gasteiger partial charge in [0.2, 0.25) is 12.0 Å². The Labute approximate surface area is 50.5 Å². The van der Waals surface area contributed by atoms with Crippen molar-refractivity contribution in [2.75, 3.05) is 0 Å². The molecule has 0 amide bonds. The van der Waals surface area contributed by atoms with Gasteiger partial charge in [0.25, 0.3) is 0 Å². The SMILES string of the molecule is N#CN1NN=NC1=C=N. The summed E-state index contributed by atoms with van der Waals surface area (Å²) >= 11 is 0. The molecule has 0 aromatic rings. The smallest absolute Gasteiger partial charge is 0.248 e. The van der Waals surface area contributed by atoms with E-state index in [9.17, 15) is 0 Å². The van der Waals surface area contributed by atoms with Gasteiger partial charge in [0.15, 0.2) is 0 Å². The van der Waals surface area contributed by atoms with Crippen LogP contribution in [0.15, 0.2) is 16.2 Å². The lowest BCUT2D eigenvalue weighted by atomic mass is 10.8. The van der Waals surface area contributed by atoms with Gasteiger partial charge >= 0.3 is 0 Å². The largest absolute Gasteiger partial charge is 0.255 e. The normalized spacial score (nSPS) is 14.6. The van der Waals surface area contributed by atoms with Crippen LogP contribution in [0.2, 0.25) is 0 Å². The van der Waals surface area contributed by atoms with Gasteiger partial charge in [-0.05, 0) is 5.22 Å². The number of nitrogens with one attached hydrogen (secondary N) is 2. The average Bonchev–Trinajstić information content (AvgIpc) is 2.33. The van der Waals surface area contributed by atoms with Crippen LogP contribution in [0.5, 0.6) is 0 Å². The topological polar surface area (TPSA) is 87.6 Å². The van der Waals surface area contributed by atoms with Crippen molar-refractivity contribution < 1.29 is 0 Å². The molecule has 6 heteroatoms. The highest BCUT2D eigenvalue weighted by molar-refractivity contribution is 5.53. The van der Waals surface area contributed by atoms with Crippen LogP contribution in [0, 0.1) is 16.9 Å². The van der Waals surface area contributed by atoms with E-state index in [2.05, 4.69) is 15.9 Å². The quantitative estimate of drug-likeness (QED) is 0.343. The Bertz CT molecular complexity index is 227. The van der Waals surface area contributed by atoms with Crippen LogP contribution in [-0.2, 0) is 0 Å². The van der Waals surface area contributed by atoms with E-state index in [1.165, 1.54) is 0 Å². The van der Waals surface area contributed by atoms with Crippen molar-refractivity contribution in [2.45, 2.75) is 0 Å². The van der Waals surface area contributed by atoms with Crippen LogP contribution >= 0.6 is 0 Å². The second kappa shape index (κ2) is 1.94. The van der Waals surface area contributed by atoms with Crippen molar-refractivity contribution in [3.8, 4) is 6.19 Å². The molecule has 44 valence electrons. The second-order valence-corrected chi connectivity index (χ2v) is 1.18. The van der Waals surface area contributed by atoms with Crippen LogP contribution < -0.4 is 5.53 Å². The third kappa shape index (κ3) is 0.714. The van der Waals surface area contributed by atoms with Gasteiger partial charge in [0.05, 0.1) is 0 Å². The fourth-order valence-corrected chi connectivity index (χ4v) is 0.357. The van der Waals surface area contributed by atoms with E-state index in [0.29, 0.717) is 0 Å². The Balaban J connectivity index is 2.87. The molecule has 2 N–H and O–H groups in total. The minimum Gasteiger partial charge on any atom is -0.255 e. The summed E-state index contributed by atoms with van der Waals surface area (Å²) in [6.07, 6.45) is 1.68. The first kappa shape index (κ1) is 5.28. The zero-order chi connectivity index (χ0) is 6.69. The lowest BCUT2D eigenvalue weighted by molar-refractivity contribution is 0.407. The first-order valence-electron chi connectivity index (χ1n) is 2.04. The highest BCUT2D eigenvalue weighted by Crippen LogP contribution is 2.02. The van der Waals surface area contributed by atoms with Gasteiger partial charge in [0, 0.05) is 5.87 Å². The summed E-state index contributed by atoms with van der Waals surface area (Å²) in [6.45, 7) is 0. The van der Waals surface area contributed by atoms with E-state index in [-0.39, 0.29) is 5.82 Å². The van der Waals surface area contributed by atoms with Crippen molar-refractivity contribution in [1.29, 1.82) is 10.7 Å².